The Morgan fingerprint density at radius 3 is 2.50 bits per heavy atom. The minimum Gasteiger partial charge on any atom is -0.455 e. The molecule has 0 aliphatic rings. The first-order valence-electron chi connectivity index (χ1n) is 13.0. The van der Waals surface area contributed by atoms with Gasteiger partial charge < -0.3 is 20.8 Å². The molecule has 5 rings (SSSR count). The Kier molecular flexibility index (Phi) is 7.87. The van der Waals surface area contributed by atoms with E-state index in [4.69, 9.17) is 10.1 Å². The van der Waals surface area contributed by atoms with Crippen molar-refractivity contribution in [2.24, 2.45) is 0 Å². The molecule has 0 saturated heterocycles. The average Bonchev–Trinajstić information content (AvgIpc) is 3.53. The molecule has 0 radical (unpaired) electrons. The summed E-state index contributed by atoms with van der Waals surface area (Å²) in [6.07, 6.45) is 7.59. The van der Waals surface area contributed by atoms with Crippen LogP contribution in [0, 0.1) is 11.2 Å². The molecule has 5 aromatic rings. The van der Waals surface area contributed by atoms with Gasteiger partial charge in [0, 0.05) is 59.6 Å². The highest BCUT2D eigenvalue weighted by atomic mass is 19.1. The fourth-order valence-electron chi connectivity index (χ4n) is 4.21. The summed E-state index contributed by atoms with van der Waals surface area (Å²) >= 11 is 0. The minimum absolute atomic E-state index is 0.145. The smallest absolute Gasteiger partial charge is 0.281 e. The van der Waals surface area contributed by atoms with Crippen molar-refractivity contribution in [1.82, 2.24) is 25.0 Å². The van der Waals surface area contributed by atoms with Gasteiger partial charge in [0.2, 0.25) is 5.43 Å². The number of carbonyl (C=O) groups is 1. The van der Waals surface area contributed by atoms with Gasteiger partial charge in [-0.1, -0.05) is 12.1 Å². The van der Waals surface area contributed by atoms with E-state index >= 15 is 0 Å². The van der Waals surface area contributed by atoms with Crippen molar-refractivity contribution in [1.29, 1.82) is 5.41 Å². The standard InChI is InChI=1S/C30H27FN8O3/c1-17(2)39-16-24(18-4-6-21(31)7-5-18)29(40)28(38-39)30(41)37-27-9-8-22(15-34-27)42-26-10-19(12-32)25(33-3)11-23(26)20-13-35-36-14-20/h4-17,32-33H,1-3H3,(H,35,36)(H,34,37,41). The summed E-state index contributed by atoms with van der Waals surface area (Å²) in [7, 11) is 1.77. The number of aromatic nitrogens is 5. The summed E-state index contributed by atoms with van der Waals surface area (Å²) in [6.45, 7) is 3.73. The van der Waals surface area contributed by atoms with Crippen LogP contribution in [0.4, 0.5) is 15.9 Å². The van der Waals surface area contributed by atoms with Gasteiger partial charge in [-0.05, 0) is 55.8 Å². The Labute approximate surface area is 239 Å². The van der Waals surface area contributed by atoms with E-state index in [9.17, 15) is 14.0 Å². The molecule has 0 aliphatic carbocycles. The number of hydrogen-bond donors (Lipinski definition) is 4. The number of rotatable bonds is 9. The quantitative estimate of drug-likeness (QED) is 0.172. The van der Waals surface area contributed by atoms with Gasteiger partial charge in [-0.2, -0.15) is 10.2 Å². The van der Waals surface area contributed by atoms with Crippen LogP contribution in [0.2, 0.25) is 0 Å². The van der Waals surface area contributed by atoms with Crippen LogP contribution in [-0.2, 0) is 0 Å². The summed E-state index contributed by atoms with van der Waals surface area (Å²) in [4.78, 5) is 30.7. The third-order valence-electron chi connectivity index (χ3n) is 6.43. The average molecular weight is 567 g/mol. The Hall–Kier alpha value is -5.65. The van der Waals surface area contributed by atoms with Gasteiger partial charge in [0.05, 0.1) is 12.4 Å². The van der Waals surface area contributed by atoms with Crippen LogP contribution in [0.1, 0.15) is 35.9 Å². The highest BCUT2D eigenvalue weighted by Gasteiger charge is 2.20. The van der Waals surface area contributed by atoms with E-state index in [0.717, 1.165) is 16.8 Å². The van der Waals surface area contributed by atoms with Crippen molar-refractivity contribution < 1.29 is 13.9 Å². The number of carbonyl (C=O) groups excluding carboxylic acids is 1. The SMILES string of the molecule is CNc1cc(-c2cn[nH]c2)c(Oc2ccc(NC(=O)c3nn(C(C)C)cc(-c4ccc(F)cc4)c3=O)nc2)cc1C=N. The number of halogens is 1. The lowest BCUT2D eigenvalue weighted by Crippen LogP contribution is -2.28. The number of nitrogens with zero attached hydrogens (tertiary/aromatic N) is 4. The Bertz CT molecular complexity index is 1800. The first-order valence-corrected chi connectivity index (χ1v) is 13.0. The van der Waals surface area contributed by atoms with E-state index in [2.05, 4.69) is 30.9 Å². The number of anilines is 2. The molecule has 3 aromatic heterocycles. The van der Waals surface area contributed by atoms with Gasteiger partial charge in [0.15, 0.2) is 5.69 Å². The number of ether oxygens (including phenoxy) is 1. The number of hydrogen-bond acceptors (Lipinski definition) is 8. The lowest BCUT2D eigenvalue weighted by Gasteiger charge is -2.15. The Morgan fingerprint density at radius 1 is 1.10 bits per heavy atom. The molecule has 212 valence electrons. The zero-order chi connectivity index (χ0) is 29.8. The predicted molar refractivity (Wildman–Crippen MR) is 158 cm³/mol. The van der Waals surface area contributed by atoms with Crippen molar-refractivity contribution >= 4 is 23.6 Å². The lowest BCUT2D eigenvalue weighted by atomic mass is 10.0. The number of nitrogens with one attached hydrogen (secondary N) is 4. The molecule has 11 nitrogen and oxygen atoms in total. The van der Waals surface area contributed by atoms with Crippen LogP contribution in [-0.4, -0.2) is 44.1 Å². The first-order chi connectivity index (χ1) is 20.3. The number of amides is 1. The molecule has 4 N–H and O–H groups in total. The van der Waals surface area contributed by atoms with Gasteiger partial charge >= 0.3 is 0 Å². The van der Waals surface area contributed by atoms with Crippen LogP contribution in [0.25, 0.3) is 22.3 Å². The molecule has 2 aromatic carbocycles. The normalized spacial score (nSPS) is 10.9. The first kappa shape index (κ1) is 27.9. The zero-order valence-electron chi connectivity index (χ0n) is 23.0. The molecule has 0 aliphatic heterocycles. The fourth-order valence-corrected chi connectivity index (χ4v) is 4.21. The summed E-state index contributed by atoms with van der Waals surface area (Å²) in [6, 6.07) is 12.1. The highest BCUT2D eigenvalue weighted by Crippen LogP contribution is 2.37. The Balaban J connectivity index is 1.41. The van der Waals surface area contributed by atoms with E-state index in [0.29, 0.717) is 22.6 Å². The predicted octanol–water partition coefficient (Wildman–Crippen LogP) is 5.50. The second-order valence-corrected chi connectivity index (χ2v) is 9.55. The third kappa shape index (κ3) is 5.77. The van der Waals surface area contributed by atoms with E-state index in [1.165, 1.54) is 47.4 Å². The summed E-state index contributed by atoms with van der Waals surface area (Å²) < 4.78 is 21.1. The molecule has 0 saturated carbocycles. The molecule has 0 unspecified atom stereocenters. The molecule has 12 heteroatoms. The molecule has 0 bridgehead atoms. The number of aromatic amines is 1. The van der Waals surface area contributed by atoms with E-state index < -0.39 is 17.2 Å². The van der Waals surface area contributed by atoms with Crippen molar-refractivity contribution in [3.8, 4) is 33.8 Å². The molecule has 0 atom stereocenters. The molecule has 42 heavy (non-hydrogen) atoms. The van der Waals surface area contributed by atoms with Crippen molar-refractivity contribution in [2.45, 2.75) is 19.9 Å². The summed E-state index contributed by atoms with van der Waals surface area (Å²) in [5.41, 5.74) is 2.69. The number of pyridine rings is 1. The molecule has 0 spiro atoms. The van der Waals surface area contributed by atoms with Crippen molar-refractivity contribution in [2.75, 3.05) is 17.7 Å². The van der Waals surface area contributed by atoms with Crippen LogP contribution >= 0.6 is 0 Å². The fraction of sp³-hybridized carbons (Fsp3) is 0.133. The van der Waals surface area contributed by atoms with Crippen LogP contribution in [0.15, 0.2) is 78.1 Å². The maximum absolute atomic E-state index is 13.5. The van der Waals surface area contributed by atoms with Crippen LogP contribution in [0.3, 0.4) is 0 Å². The van der Waals surface area contributed by atoms with Gasteiger partial charge in [-0.25, -0.2) is 9.37 Å². The van der Waals surface area contributed by atoms with Gasteiger partial charge in [-0.15, -0.1) is 0 Å². The molecule has 0 fully saturated rings. The second-order valence-electron chi connectivity index (χ2n) is 9.55. The second kappa shape index (κ2) is 11.8. The summed E-state index contributed by atoms with van der Waals surface area (Å²) in [5.74, 6) is -0.137. The summed E-state index contributed by atoms with van der Waals surface area (Å²) in [5, 5.41) is 24.5. The number of benzene rings is 2. The lowest BCUT2D eigenvalue weighted by molar-refractivity contribution is 0.101. The molecular formula is C30H27FN8O3. The third-order valence-corrected chi connectivity index (χ3v) is 6.43. The topological polar surface area (TPSA) is 151 Å². The largest absolute Gasteiger partial charge is 0.455 e. The van der Waals surface area contributed by atoms with Crippen LogP contribution in [0.5, 0.6) is 11.5 Å². The van der Waals surface area contributed by atoms with Crippen molar-refractivity contribution in [3.63, 3.8) is 0 Å². The van der Waals surface area contributed by atoms with E-state index in [-0.39, 0.29) is 23.1 Å². The molecule has 1 amide bonds. The van der Waals surface area contributed by atoms with Crippen molar-refractivity contribution in [3.05, 3.63) is 101 Å². The monoisotopic (exact) mass is 566 g/mol. The van der Waals surface area contributed by atoms with Crippen LogP contribution < -0.4 is 20.8 Å². The zero-order valence-corrected chi connectivity index (χ0v) is 23.0. The van der Waals surface area contributed by atoms with Gasteiger partial charge in [0.25, 0.3) is 5.91 Å². The maximum Gasteiger partial charge on any atom is 0.281 e. The van der Waals surface area contributed by atoms with Gasteiger partial charge in [0.1, 0.15) is 23.1 Å². The van der Waals surface area contributed by atoms with Gasteiger partial charge in [-0.3, -0.25) is 19.4 Å². The van der Waals surface area contributed by atoms with E-state index in [1.807, 2.05) is 19.9 Å². The molecule has 3 heterocycles. The minimum atomic E-state index is -0.736. The highest BCUT2D eigenvalue weighted by molar-refractivity contribution is 6.02. The number of H-pyrrole nitrogens is 1. The maximum atomic E-state index is 13.5. The Morgan fingerprint density at radius 2 is 1.88 bits per heavy atom. The van der Waals surface area contributed by atoms with E-state index in [1.54, 1.807) is 37.8 Å². The molecular weight excluding hydrogens is 539 g/mol.